The second kappa shape index (κ2) is 8.72. The Labute approximate surface area is 250 Å². The number of hydrogen-bond acceptors (Lipinski definition) is 1. The van der Waals surface area contributed by atoms with Crippen molar-refractivity contribution in [2.24, 2.45) is 0 Å². The first kappa shape index (κ1) is 10.9. The van der Waals surface area contributed by atoms with Crippen LogP contribution in [0.5, 0.6) is 0 Å². The van der Waals surface area contributed by atoms with Crippen molar-refractivity contribution in [3.8, 4) is 33.4 Å². The lowest BCUT2D eigenvalue weighted by Crippen LogP contribution is -1.91. The van der Waals surface area contributed by atoms with Crippen molar-refractivity contribution in [2.75, 3.05) is 0 Å². The van der Waals surface area contributed by atoms with Crippen LogP contribution in [0, 0.1) is 0 Å². The zero-order valence-corrected chi connectivity index (χ0v) is 19.9. The van der Waals surface area contributed by atoms with Crippen molar-refractivity contribution < 1.29 is 27.7 Å². The molecule has 0 unspecified atom stereocenters. The molecule has 0 saturated heterocycles. The van der Waals surface area contributed by atoms with Gasteiger partial charge in [0.1, 0.15) is 11.2 Å². The van der Waals surface area contributed by atoms with Gasteiger partial charge in [0, 0.05) is 10.8 Å². The maximum Gasteiger partial charge on any atom is 0.136 e. The smallest absolute Gasteiger partial charge is 0.136 e. The lowest BCUT2D eigenvalue weighted by atomic mass is 9.85. The van der Waals surface area contributed by atoms with Crippen LogP contribution >= 0.6 is 0 Å². The topological polar surface area (TPSA) is 13.1 Å². The van der Waals surface area contributed by atoms with Crippen molar-refractivity contribution >= 4 is 43.5 Å². The van der Waals surface area contributed by atoms with Gasteiger partial charge in [0.15, 0.2) is 0 Å². The van der Waals surface area contributed by atoms with Gasteiger partial charge in [-0.3, -0.25) is 0 Å². The average molecular weight is 514 g/mol. The molecule has 0 spiro atoms. The molecule has 8 rings (SSSR count). The molecule has 0 N–H and O–H groups in total. The minimum atomic E-state index is -0.599. The molecule has 0 aliphatic rings. The fraction of sp³-hybridized carbons (Fsp3) is 0. The fourth-order valence-corrected chi connectivity index (χ4v) is 4.97. The second-order valence-electron chi connectivity index (χ2n) is 8.80. The Balaban J connectivity index is 1.59. The summed E-state index contributed by atoms with van der Waals surface area (Å²) in [6, 6.07) is 1.70. The summed E-state index contributed by atoms with van der Waals surface area (Å²) < 4.78 is 153. The number of fused-ring (bicyclic) bond motifs is 5. The maximum atomic E-state index is 9.42. The van der Waals surface area contributed by atoms with Gasteiger partial charge in [-0.1, -0.05) is 121 Å². The molecule has 1 heterocycles. The van der Waals surface area contributed by atoms with Crippen LogP contribution in [0.4, 0.5) is 0 Å². The van der Waals surface area contributed by atoms with E-state index >= 15 is 0 Å². The second-order valence-corrected chi connectivity index (χ2v) is 8.80. The standard InChI is InChI=1S/C38H24O/c1-2-11-25(12-3-1)26-13-10-14-27(23-26)37-31-16-4-6-18-33(31)38(34-19-7-5-17-32(34)37)28-21-22-30-29-15-8-9-20-35(29)39-36(30)24-28/h1-24H/i1D,2D,3D,4D,5D,6D,7D,8D,9D,10D,14D,15D,20D,21D,22D,23D,24D. The first-order valence-electron chi connectivity index (χ1n) is 20.4. The van der Waals surface area contributed by atoms with E-state index in [4.69, 9.17) is 23.6 Å². The molecule has 0 radical (unpaired) electrons. The molecule has 7 aromatic carbocycles. The Morgan fingerprint density at radius 1 is 0.359 bits per heavy atom. The van der Waals surface area contributed by atoms with E-state index in [0.29, 0.717) is 0 Å². The molecule has 8 aromatic rings. The Morgan fingerprint density at radius 2 is 0.923 bits per heavy atom. The van der Waals surface area contributed by atoms with Crippen LogP contribution < -0.4 is 0 Å². The molecule has 39 heavy (non-hydrogen) atoms. The summed E-state index contributed by atoms with van der Waals surface area (Å²) in [5, 5.41) is -0.00214. The van der Waals surface area contributed by atoms with E-state index in [0.717, 1.165) is 0 Å². The van der Waals surface area contributed by atoms with E-state index in [1.165, 1.54) is 42.5 Å². The molecular weight excluding hydrogens is 472 g/mol. The van der Waals surface area contributed by atoms with Gasteiger partial charge in [0.05, 0.1) is 23.3 Å². The van der Waals surface area contributed by atoms with Crippen molar-refractivity contribution in [1.82, 2.24) is 0 Å². The normalized spacial score (nSPS) is 17.7. The highest BCUT2D eigenvalue weighted by Gasteiger charge is 2.18. The summed E-state index contributed by atoms with van der Waals surface area (Å²) in [6.07, 6.45) is 0. The van der Waals surface area contributed by atoms with E-state index in [2.05, 4.69) is 0 Å². The number of para-hydroxylation sites is 1. The Hall–Kier alpha value is -5.14. The van der Waals surface area contributed by atoms with Gasteiger partial charge in [-0.05, 0) is 79.1 Å². The van der Waals surface area contributed by atoms with Gasteiger partial charge in [0.25, 0.3) is 0 Å². The summed E-state index contributed by atoms with van der Waals surface area (Å²) >= 11 is 0. The highest BCUT2D eigenvalue weighted by Crippen LogP contribution is 2.45. The molecule has 0 fully saturated rings. The number of rotatable bonds is 3. The lowest BCUT2D eigenvalue weighted by molar-refractivity contribution is 0.669. The van der Waals surface area contributed by atoms with E-state index in [1.807, 2.05) is 0 Å². The summed E-state index contributed by atoms with van der Waals surface area (Å²) in [4.78, 5) is 0. The molecule has 0 bridgehead atoms. The summed E-state index contributed by atoms with van der Waals surface area (Å²) in [5.74, 6) is 0. The van der Waals surface area contributed by atoms with Crippen LogP contribution in [-0.4, -0.2) is 0 Å². The third kappa shape index (κ3) is 3.48. The fourth-order valence-electron chi connectivity index (χ4n) is 4.97. The molecule has 1 aromatic heterocycles. The minimum Gasteiger partial charge on any atom is -0.456 e. The zero-order chi connectivity index (χ0) is 40.6. The number of furan rings is 1. The highest BCUT2D eigenvalue weighted by atomic mass is 16.3. The van der Waals surface area contributed by atoms with E-state index in [-0.39, 0.29) is 131 Å². The molecule has 1 nitrogen and oxygen atoms in total. The molecule has 0 amide bonds. The molecule has 0 saturated carbocycles. The van der Waals surface area contributed by atoms with E-state index in [1.54, 1.807) is 0 Å². The van der Waals surface area contributed by atoms with Crippen LogP contribution in [0.2, 0.25) is 0 Å². The van der Waals surface area contributed by atoms with Gasteiger partial charge in [-0.2, -0.15) is 0 Å². The van der Waals surface area contributed by atoms with Gasteiger partial charge in [0.2, 0.25) is 0 Å². The van der Waals surface area contributed by atoms with Crippen LogP contribution in [0.3, 0.4) is 0 Å². The summed E-state index contributed by atoms with van der Waals surface area (Å²) in [5.41, 5.74) is -0.787. The third-order valence-electron chi connectivity index (χ3n) is 6.66. The van der Waals surface area contributed by atoms with Gasteiger partial charge in [-0.25, -0.2) is 0 Å². The number of hydrogen-bond donors (Lipinski definition) is 0. The Kier molecular flexibility index (Phi) is 2.44. The van der Waals surface area contributed by atoms with Crippen molar-refractivity contribution in [3.05, 3.63) is 145 Å². The first-order chi connectivity index (χ1) is 26.3. The largest absolute Gasteiger partial charge is 0.456 e. The van der Waals surface area contributed by atoms with Crippen LogP contribution in [0.1, 0.15) is 23.3 Å². The average Bonchev–Trinajstić information content (AvgIpc) is 3.56. The van der Waals surface area contributed by atoms with Crippen molar-refractivity contribution in [1.29, 1.82) is 0 Å². The lowest BCUT2D eigenvalue weighted by Gasteiger charge is -2.18. The van der Waals surface area contributed by atoms with E-state index < -0.39 is 48.3 Å². The summed E-state index contributed by atoms with van der Waals surface area (Å²) in [7, 11) is 0. The first-order valence-corrected chi connectivity index (χ1v) is 11.9. The van der Waals surface area contributed by atoms with Gasteiger partial charge in [-0.15, -0.1) is 0 Å². The van der Waals surface area contributed by atoms with Crippen LogP contribution in [0.25, 0.3) is 76.9 Å². The third-order valence-corrected chi connectivity index (χ3v) is 6.66. The quantitative estimate of drug-likeness (QED) is 0.214. The molecule has 182 valence electrons. The van der Waals surface area contributed by atoms with Crippen LogP contribution in [0.15, 0.2) is 150 Å². The van der Waals surface area contributed by atoms with Crippen molar-refractivity contribution in [2.45, 2.75) is 0 Å². The Morgan fingerprint density at radius 3 is 1.62 bits per heavy atom. The molecule has 1 heteroatoms. The Bertz CT molecular complexity index is 3020. The molecule has 0 aliphatic carbocycles. The van der Waals surface area contributed by atoms with Crippen molar-refractivity contribution in [3.63, 3.8) is 0 Å². The predicted molar refractivity (Wildman–Crippen MR) is 165 cm³/mol. The molecule has 0 aliphatic heterocycles. The highest BCUT2D eigenvalue weighted by molar-refractivity contribution is 6.22. The van der Waals surface area contributed by atoms with Gasteiger partial charge >= 0.3 is 0 Å². The zero-order valence-electron chi connectivity index (χ0n) is 36.9. The van der Waals surface area contributed by atoms with E-state index in [9.17, 15) is 4.11 Å². The minimum absolute atomic E-state index is 0.00945. The number of benzene rings is 7. The van der Waals surface area contributed by atoms with Gasteiger partial charge < -0.3 is 4.42 Å². The molecular formula is C38H24O. The monoisotopic (exact) mass is 513 g/mol. The molecule has 0 atom stereocenters. The maximum absolute atomic E-state index is 9.42. The summed E-state index contributed by atoms with van der Waals surface area (Å²) in [6.45, 7) is 0. The van der Waals surface area contributed by atoms with Crippen LogP contribution in [-0.2, 0) is 0 Å². The SMILES string of the molecule is [2H]c1cc2c(-c3c([2H])c([2H])cc(-c4cc([2H])c([2H])c([2H])c4)c3[2H])c3cc([2H])c([2H])cc3c(-c3c([2H])c([2H])c4c(oc5c([2H])c([2H])c([2H])c([2H])c54)c3[2H])c2cc1[2H]. The predicted octanol–water partition coefficient (Wildman–Crippen LogP) is 10.9.